The predicted octanol–water partition coefficient (Wildman–Crippen LogP) is 7.50. The van der Waals surface area contributed by atoms with Gasteiger partial charge in [0, 0.05) is 24.9 Å². The van der Waals surface area contributed by atoms with Crippen LogP contribution in [0.25, 0.3) is 0 Å². The highest BCUT2D eigenvalue weighted by atomic mass is 16.3. The van der Waals surface area contributed by atoms with E-state index in [2.05, 4.69) is 25.7 Å². The molecule has 8 saturated carbocycles. The average molecular weight is 524 g/mol. The van der Waals surface area contributed by atoms with Crippen LogP contribution >= 0.6 is 0 Å². The number of hydrogen-bond acceptors (Lipinski definition) is 3. The maximum absolute atomic E-state index is 12.8. The first kappa shape index (κ1) is 26.5. The number of ketones is 1. The first-order valence-electron chi connectivity index (χ1n) is 17.2. The number of fused-ring (bicyclic) bond motifs is 5. The minimum atomic E-state index is -0.497. The number of nitrogens with zero attached hydrogens (tertiary/aromatic N) is 1. The van der Waals surface area contributed by atoms with Crippen LogP contribution in [-0.4, -0.2) is 41.0 Å². The molecule has 0 heterocycles. The molecule has 0 aliphatic heterocycles. The molecule has 0 spiro atoms. The van der Waals surface area contributed by atoms with Gasteiger partial charge in [-0.25, -0.2) is 0 Å². The molecule has 0 aromatic carbocycles. The van der Waals surface area contributed by atoms with Gasteiger partial charge in [-0.3, -0.25) is 4.79 Å². The van der Waals surface area contributed by atoms with Crippen molar-refractivity contribution in [2.45, 2.75) is 129 Å². The lowest BCUT2D eigenvalue weighted by atomic mass is 9.44. The molecule has 1 N–H and O–H groups in total. The van der Waals surface area contributed by atoms with Crippen LogP contribution in [-0.2, 0) is 4.79 Å². The quantitative estimate of drug-likeness (QED) is 0.375. The Balaban J connectivity index is 1.04. The van der Waals surface area contributed by atoms with Crippen molar-refractivity contribution in [3.05, 3.63) is 0 Å². The maximum Gasteiger partial charge on any atom is 0.139 e. The second-order valence-corrected chi connectivity index (χ2v) is 16.7. The van der Waals surface area contributed by atoms with Crippen LogP contribution in [0.1, 0.15) is 124 Å². The van der Waals surface area contributed by atoms with E-state index < -0.39 is 5.60 Å². The van der Waals surface area contributed by atoms with Crippen LogP contribution in [0.3, 0.4) is 0 Å². The van der Waals surface area contributed by atoms with Crippen LogP contribution < -0.4 is 0 Å². The van der Waals surface area contributed by atoms with E-state index in [0.29, 0.717) is 23.0 Å². The molecule has 4 bridgehead atoms. The molecule has 38 heavy (non-hydrogen) atoms. The van der Waals surface area contributed by atoms with Gasteiger partial charge in [-0.1, -0.05) is 27.2 Å². The Labute approximate surface area is 233 Å². The standard InChI is InChI=1S/C35H57NO2/c1-4-5-14-36(21-29-25-16-23-15-24(18-25)19-26(29)17-23)22-35(38)13-12-33(2)27(20-35)6-7-28-30-8-9-32(37)34(30,3)11-10-31(28)33/h23-31,38H,4-22H2,1-3H3/t23?,24?,25?,26?,27?,28-,29?,30-,31-,33-,34-,35+/m0/s1. The van der Waals surface area contributed by atoms with E-state index in [1.165, 1.54) is 83.7 Å². The Bertz CT molecular complexity index is 888. The van der Waals surface area contributed by atoms with Gasteiger partial charge in [-0.2, -0.15) is 0 Å². The van der Waals surface area contributed by atoms with E-state index in [1.54, 1.807) is 0 Å². The molecule has 7 atom stereocenters. The van der Waals surface area contributed by atoms with Gasteiger partial charge < -0.3 is 10.0 Å². The van der Waals surface area contributed by atoms with Crippen molar-refractivity contribution in [3.8, 4) is 0 Å². The van der Waals surface area contributed by atoms with Crippen molar-refractivity contribution in [2.75, 3.05) is 19.6 Å². The van der Waals surface area contributed by atoms with Gasteiger partial charge in [0.25, 0.3) is 0 Å². The SMILES string of the molecule is CCCCN(CC1C2CC3CC(C2)CC1C3)C[C@@]1(O)CC[C@@]2(C)C(CC[C@@H]3[C@@H]2CC[C@]2(C)C(=O)CC[C@@H]32)C1. The summed E-state index contributed by atoms with van der Waals surface area (Å²) in [6, 6.07) is 0. The molecule has 0 saturated heterocycles. The summed E-state index contributed by atoms with van der Waals surface area (Å²) >= 11 is 0. The summed E-state index contributed by atoms with van der Waals surface area (Å²) in [4.78, 5) is 15.6. The Kier molecular flexibility index (Phi) is 6.67. The fourth-order valence-electron chi connectivity index (χ4n) is 12.9. The molecule has 0 aromatic rings. The number of rotatable bonds is 7. The molecule has 1 unspecified atom stereocenters. The number of unbranched alkanes of at least 4 members (excludes halogenated alkanes) is 1. The minimum absolute atomic E-state index is 0.0164. The second kappa shape index (κ2) is 9.57. The van der Waals surface area contributed by atoms with E-state index in [9.17, 15) is 9.90 Å². The van der Waals surface area contributed by atoms with Crippen molar-refractivity contribution in [3.63, 3.8) is 0 Å². The van der Waals surface area contributed by atoms with Crippen LogP contribution in [0.4, 0.5) is 0 Å². The summed E-state index contributed by atoms with van der Waals surface area (Å²) in [5, 5.41) is 12.2. The van der Waals surface area contributed by atoms with Gasteiger partial charge in [0.2, 0.25) is 0 Å². The normalized spacial score (nSPS) is 53.2. The monoisotopic (exact) mass is 523 g/mol. The molecular weight excluding hydrogens is 466 g/mol. The first-order valence-corrected chi connectivity index (χ1v) is 17.2. The Morgan fingerprint density at radius 2 is 1.63 bits per heavy atom. The summed E-state index contributed by atoms with van der Waals surface area (Å²) in [6.07, 6.45) is 20.3. The predicted molar refractivity (Wildman–Crippen MR) is 154 cm³/mol. The summed E-state index contributed by atoms with van der Waals surface area (Å²) in [5.74, 6) is 8.36. The Morgan fingerprint density at radius 3 is 2.34 bits per heavy atom. The zero-order chi connectivity index (χ0) is 26.3. The largest absolute Gasteiger partial charge is 0.389 e. The molecule has 8 aliphatic carbocycles. The molecule has 3 nitrogen and oxygen atoms in total. The third kappa shape index (κ3) is 4.21. The van der Waals surface area contributed by atoms with Gasteiger partial charge in [-0.15, -0.1) is 0 Å². The van der Waals surface area contributed by atoms with Crippen molar-refractivity contribution in [2.24, 2.45) is 64.1 Å². The zero-order valence-electron chi connectivity index (χ0n) is 24.9. The van der Waals surface area contributed by atoms with Crippen LogP contribution in [0.2, 0.25) is 0 Å². The molecule has 3 heteroatoms. The second-order valence-electron chi connectivity index (χ2n) is 16.7. The molecule has 0 amide bonds. The van der Waals surface area contributed by atoms with Gasteiger partial charge in [0.15, 0.2) is 0 Å². The average Bonchev–Trinajstić information content (AvgIpc) is 3.19. The lowest BCUT2D eigenvalue weighted by Gasteiger charge is -2.61. The molecule has 8 aliphatic rings. The van der Waals surface area contributed by atoms with Crippen molar-refractivity contribution < 1.29 is 9.90 Å². The topological polar surface area (TPSA) is 40.5 Å². The molecule has 0 aromatic heterocycles. The smallest absolute Gasteiger partial charge is 0.139 e. The van der Waals surface area contributed by atoms with Gasteiger partial charge in [0.1, 0.15) is 5.78 Å². The fraction of sp³-hybridized carbons (Fsp3) is 0.971. The molecular formula is C35H57NO2. The van der Waals surface area contributed by atoms with Crippen molar-refractivity contribution in [1.82, 2.24) is 4.90 Å². The Hall–Kier alpha value is -0.410. The highest BCUT2D eigenvalue weighted by Gasteiger charge is 2.61. The number of hydrogen-bond donors (Lipinski definition) is 1. The summed E-state index contributed by atoms with van der Waals surface area (Å²) in [6.45, 7) is 10.6. The molecule has 214 valence electrons. The minimum Gasteiger partial charge on any atom is -0.389 e. The van der Waals surface area contributed by atoms with Gasteiger partial charge in [0.05, 0.1) is 5.60 Å². The van der Waals surface area contributed by atoms with Crippen LogP contribution in [0, 0.1) is 64.1 Å². The first-order chi connectivity index (χ1) is 18.2. The van der Waals surface area contributed by atoms with E-state index in [1.807, 2.05) is 0 Å². The highest BCUT2D eigenvalue weighted by Crippen LogP contribution is 2.66. The summed E-state index contributed by atoms with van der Waals surface area (Å²) in [5.41, 5.74) is -0.140. The zero-order valence-corrected chi connectivity index (χ0v) is 24.9. The van der Waals surface area contributed by atoms with Gasteiger partial charge in [-0.05, 0) is 155 Å². The van der Waals surface area contributed by atoms with Crippen LogP contribution in [0.5, 0.6) is 0 Å². The summed E-state index contributed by atoms with van der Waals surface area (Å²) in [7, 11) is 0. The van der Waals surface area contributed by atoms with E-state index in [0.717, 1.165) is 80.1 Å². The number of carbonyl (C=O) groups is 1. The molecule has 8 rings (SSSR count). The van der Waals surface area contributed by atoms with E-state index in [-0.39, 0.29) is 5.41 Å². The van der Waals surface area contributed by atoms with E-state index >= 15 is 0 Å². The third-order valence-corrected chi connectivity index (χ3v) is 14.8. The molecule has 8 fully saturated rings. The van der Waals surface area contributed by atoms with Crippen molar-refractivity contribution >= 4 is 5.78 Å². The third-order valence-electron chi connectivity index (χ3n) is 14.8. The van der Waals surface area contributed by atoms with Crippen LogP contribution in [0.15, 0.2) is 0 Å². The molecule has 0 radical (unpaired) electrons. The highest BCUT2D eigenvalue weighted by molar-refractivity contribution is 5.87. The Morgan fingerprint density at radius 1 is 0.895 bits per heavy atom. The number of carbonyl (C=O) groups excluding carboxylic acids is 1. The van der Waals surface area contributed by atoms with Crippen molar-refractivity contribution in [1.29, 1.82) is 0 Å². The lowest BCUT2D eigenvalue weighted by Crippen LogP contribution is -2.58. The number of Topliss-reactive ketones (excluding diaryl/α,β-unsaturated/α-hetero) is 1. The summed E-state index contributed by atoms with van der Waals surface area (Å²) < 4.78 is 0. The van der Waals surface area contributed by atoms with E-state index in [4.69, 9.17) is 0 Å². The lowest BCUT2D eigenvalue weighted by molar-refractivity contribution is -0.158. The number of aliphatic hydroxyl groups is 1. The fourth-order valence-corrected chi connectivity index (χ4v) is 12.9. The van der Waals surface area contributed by atoms with Gasteiger partial charge >= 0.3 is 0 Å². The maximum atomic E-state index is 12.8.